The summed E-state index contributed by atoms with van der Waals surface area (Å²) in [6, 6.07) is 10.7. The number of hydrogen-bond donors (Lipinski definition) is 1. The zero-order chi connectivity index (χ0) is 23.5. The predicted molar refractivity (Wildman–Crippen MR) is 128 cm³/mol. The minimum absolute atomic E-state index is 0.0590. The SMILES string of the molecule is C[C@H](Sc1nc2cc(Cl)ccc2c(=O)n1C[C@H]1CCCO1)C(=O)N[C@@H](C)c1ccc(F)cc1. The summed E-state index contributed by atoms with van der Waals surface area (Å²) in [5, 5.41) is 3.83. The second-order valence-corrected chi connectivity index (χ2v) is 9.89. The molecule has 9 heteroatoms. The molecule has 1 aromatic heterocycles. The highest BCUT2D eigenvalue weighted by Gasteiger charge is 2.24. The smallest absolute Gasteiger partial charge is 0.262 e. The summed E-state index contributed by atoms with van der Waals surface area (Å²) in [7, 11) is 0. The zero-order valence-electron chi connectivity index (χ0n) is 18.4. The first-order chi connectivity index (χ1) is 15.8. The minimum atomic E-state index is -0.521. The van der Waals surface area contributed by atoms with Crippen LogP contribution in [0.4, 0.5) is 4.39 Å². The van der Waals surface area contributed by atoms with E-state index in [1.807, 2.05) is 6.92 Å². The first-order valence-electron chi connectivity index (χ1n) is 10.9. The zero-order valence-corrected chi connectivity index (χ0v) is 20.0. The standard InChI is InChI=1S/C24H25ClFN3O3S/c1-14(16-5-8-18(26)9-6-16)27-22(30)15(2)33-24-28-21-12-17(25)7-10-20(21)23(31)29(24)13-19-4-3-11-32-19/h5-10,12,14-15,19H,3-4,11,13H2,1-2H3,(H,27,30)/t14-,15-,19+/m0/s1. The molecule has 1 fully saturated rings. The summed E-state index contributed by atoms with van der Waals surface area (Å²) in [6.07, 6.45) is 1.77. The van der Waals surface area contributed by atoms with E-state index in [1.54, 1.807) is 41.8 Å². The molecule has 0 unspecified atom stereocenters. The summed E-state index contributed by atoms with van der Waals surface area (Å²) in [6.45, 7) is 4.67. The molecule has 3 aromatic rings. The highest BCUT2D eigenvalue weighted by molar-refractivity contribution is 8.00. The molecule has 0 bridgehead atoms. The van der Waals surface area contributed by atoms with E-state index in [4.69, 9.17) is 16.3 Å². The van der Waals surface area contributed by atoms with Gasteiger partial charge in [-0.15, -0.1) is 0 Å². The molecular weight excluding hydrogens is 465 g/mol. The molecule has 0 saturated carbocycles. The molecule has 4 rings (SSSR count). The Morgan fingerprint density at radius 3 is 2.76 bits per heavy atom. The number of aromatic nitrogens is 2. The van der Waals surface area contributed by atoms with E-state index in [0.29, 0.717) is 34.2 Å². The van der Waals surface area contributed by atoms with E-state index >= 15 is 0 Å². The van der Waals surface area contributed by atoms with Crippen LogP contribution in [0.5, 0.6) is 0 Å². The molecule has 1 N–H and O–H groups in total. The van der Waals surface area contributed by atoms with Gasteiger partial charge in [-0.1, -0.05) is 35.5 Å². The Balaban J connectivity index is 1.58. The molecule has 1 aliphatic heterocycles. The van der Waals surface area contributed by atoms with Crippen LogP contribution >= 0.6 is 23.4 Å². The maximum Gasteiger partial charge on any atom is 0.262 e. The first-order valence-corrected chi connectivity index (χ1v) is 12.1. The number of carbonyl (C=O) groups is 1. The van der Waals surface area contributed by atoms with Gasteiger partial charge in [0.1, 0.15) is 5.82 Å². The number of nitrogens with one attached hydrogen (secondary N) is 1. The molecule has 174 valence electrons. The molecule has 0 radical (unpaired) electrons. The van der Waals surface area contributed by atoms with Crippen LogP contribution in [-0.4, -0.2) is 33.4 Å². The van der Waals surface area contributed by atoms with Crippen molar-refractivity contribution in [1.29, 1.82) is 0 Å². The lowest BCUT2D eigenvalue weighted by Gasteiger charge is -2.20. The largest absolute Gasteiger partial charge is 0.376 e. The van der Waals surface area contributed by atoms with Crippen LogP contribution in [0.15, 0.2) is 52.4 Å². The van der Waals surface area contributed by atoms with Gasteiger partial charge in [0.2, 0.25) is 5.91 Å². The molecule has 33 heavy (non-hydrogen) atoms. The Bertz CT molecular complexity index is 1210. The molecule has 0 spiro atoms. The number of rotatable bonds is 7. The van der Waals surface area contributed by atoms with Crippen molar-refractivity contribution in [1.82, 2.24) is 14.9 Å². The molecule has 6 nitrogen and oxygen atoms in total. The van der Waals surface area contributed by atoms with Crippen LogP contribution in [-0.2, 0) is 16.1 Å². The summed E-state index contributed by atoms with van der Waals surface area (Å²) >= 11 is 7.34. The Labute approximate surface area is 200 Å². The molecule has 2 aromatic carbocycles. The van der Waals surface area contributed by atoms with Crippen molar-refractivity contribution in [2.24, 2.45) is 0 Å². The summed E-state index contributed by atoms with van der Waals surface area (Å²) < 4.78 is 20.5. The van der Waals surface area contributed by atoms with Crippen molar-refractivity contribution >= 4 is 40.2 Å². The van der Waals surface area contributed by atoms with Gasteiger partial charge in [-0.3, -0.25) is 14.2 Å². The van der Waals surface area contributed by atoms with Crippen molar-refractivity contribution in [2.45, 2.75) is 55.8 Å². The normalized spacial score (nSPS) is 17.8. The number of ether oxygens (including phenoxy) is 1. The lowest BCUT2D eigenvalue weighted by Crippen LogP contribution is -2.34. The van der Waals surface area contributed by atoms with Gasteiger partial charge in [-0.2, -0.15) is 0 Å². The number of thioether (sulfide) groups is 1. The summed E-state index contributed by atoms with van der Waals surface area (Å²) in [5.74, 6) is -0.533. The molecule has 2 heterocycles. The minimum Gasteiger partial charge on any atom is -0.376 e. The quantitative estimate of drug-likeness (QED) is 0.384. The monoisotopic (exact) mass is 489 g/mol. The van der Waals surface area contributed by atoms with Gasteiger partial charge in [-0.05, 0) is 62.6 Å². The average Bonchev–Trinajstić information content (AvgIpc) is 3.30. The Kier molecular flexibility index (Phi) is 7.36. The van der Waals surface area contributed by atoms with Gasteiger partial charge >= 0.3 is 0 Å². The van der Waals surface area contributed by atoms with Crippen LogP contribution in [0.3, 0.4) is 0 Å². The number of benzene rings is 2. The maximum atomic E-state index is 13.3. The van der Waals surface area contributed by atoms with Crippen molar-refractivity contribution in [3.63, 3.8) is 0 Å². The van der Waals surface area contributed by atoms with E-state index in [1.165, 1.54) is 23.9 Å². The number of hydrogen-bond acceptors (Lipinski definition) is 5. The second-order valence-electron chi connectivity index (χ2n) is 8.15. The number of halogens is 2. The Hall–Kier alpha value is -2.42. The predicted octanol–water partition coefficient (Wildman–Crippen LogP) is 4.73. The fourth-order valence-corrected chi connectivity index (χ4v) is 4.89. The van der Waals surface area contributed by atoms with Gasteiger partial charge in [0, 0.05) is 11.6 Å². The molecule has 0 aliphatic carbocycles. The molecule has 1 aliphatic rings. The maximum absolute atomic E-state index is 13.3. The summed E-state index contributed by atoms with van der Waals surface area (Å²) in [4.78, 5) is 30.8. The van der Waals surface area contributed by atoms with Crippen LogP contribution in [0.25, 0.3) is 10.9 Å². The topological polar surface area (TPSA) is 73.2 Å². The van der Waals surface area contributed by atoms with Crippen molar-refractivity contribution in [3.05, 3.63) is 69.2 Å². The molecule has 1 amide bonds. The van der Waals surface area contributed by atoms with Crippen LogP contribution in [0, 0.1) is 5.82 Å². The van der Waals surface area contributed by atoms with Crippen molar-refractivity contribution in [2.75, 3.05) is 6.61 Å². The van der Waals surface area contributed by atoms with E-state index in [9.17, 15) is 14.0 Å². The van der Waals surface area contributed by atoms with Crippen LogP contribution in [0.1, 0.15) is 38.3 Å². The second kappa shape index (κ2) is 10.2. The fraction of sp³-hybridized carbons (Fsp3) is 0.375. The Morgan fingerprint density at radius 2 is 2.06 bits per heavy atom. The third-order valence-corrected chi connectivity index (χ3v) is 7.00. The highest BCUT2D eigenvalue weighted by Crippen LogP contribution is 2.26. The molecule has 3 atom stereocenters. The van der Waals surface area contributed by atoms with Gasteiger partial charge < -0.3 is 10.1 Å². The van der Waals surface area contributed by atoms with Crippen molar-refractivity contribution < 1.29 is 13.9 Å². The van der Waals surface area contributed by atoms with Gasteiger partial charge in [0.25, 0.3) is 5.56 Å². The number of nitrogens with zero attached hydrogens (tertiary/aromatic N) is 2. The van der Waals surface area contributed by atoms with Crippen LogP contribution < -0.4 is 10.9 Å². The lowest BCUT2D eigenvalue weighted by atomic mass is 10.1. The van der Waals surface area contributed by atoms with E-state index < -0.39 is 5.25 Å². The average molecular weight is 490 g/mol. The number of fused-ring (bicyclic) bond motifs is 1. The Morgan fingerprint density at radius 1 is 1.30 bits per heavy atom. The fourth-order valence-electron chi connectivity index (χ4n) is 3.79. The lowest BCUT2D eigenvalue weighted by molar-refractivity contribution is -0.120. The first kappa shape index (κ1) is 23.7. The van der Waals surface area contributed by atoms with Gasteiger partial charge in [0.05, 0.1) is 34.8 Å². The van der Waals surface area contributed by atoms with E-state index in [2.05, 4.69) is 10.3 Å². The third-order valence-electron chi connectivity index (χ3n) is 5.67. The summed E-state index contributed by atoms with van der Waals surface area (Å²) in [5.41, 5.74) is 1.11. The van der Waals surface area contributed by atoms with Crippen LogP contribution in [0.2, 0.25) is 5.02 Å². The highest BCUT2D eigenvalue weighted by atomic mass is 35.5. The number of carbonyl (C=O) groups excluding carboxylic acids is 1. The van der Waals surface area contributed by atoms with E-state index in [0.717, 1.165) is 18.4 Å². The van der Waals surface area contributed by atoms with Gasteiger partial charge in [-0.25, -0.2) is 9.37 Å². The number of amides is 1. The third kappa shape index (κ3) is 5.57. The van der Waals surface area contributed by atoms with E-state index in [-0.39, 0.29) is 29.4 Å². The molecule has 1 saturated heterocycles. The van der Waals surface area contributed by atoms with Gasteiger partial charge in [0.15, 0.2) is 5.16 Å². The van der Waals surface area contributed by atoms with Crippen molar-refractivity contribution in [3.8, 4) is 0 Å². The molecular formula is C24H25ClFN3O3S.